The molecular formula is C26H31Cl2N3O5S. The van der Waals surface area contributed by atoms with E-state index in [2.05, 4.69) is 4.72 Å². The first kappa shape index (κ1) is 27.9. The highest BCUT2D eigenvalue weighted by Gasteiger charge is 2.51. The fourth-order valence-corrected chi connectivity index (χ4v) is 6.41. The first-order chi connectivity index (χ1) is 17.5. The molecule has 8 nitrogen and oxygen atoms in total. The maximum absolute atomic E-state index is 13.9. The van der Waals surface area contributed by atoms with Crippen LogP contribution in [0.4, 0.5) is 0 Å². The molecule has 0 unspecified atom stereocenters. The standard InChI is InChI=1S/C26H31Cl2N3O5S/c1-3-20(15-30-37(34,35)26(2)11-12-26)31-23(16-7-9-18(27)10-8-16)24(17-5-4-6-19(28)13-17)36-21(25(31)33)14-22(29)32/h4-10,13,20-21,23-24,30H,3,11-12,14-15H2,1-2H3,(H2,29,32)/t20-,21+,23+,24+/m0/s1. The molecule has 200 valence electrons. The van der Waals surface area contributed by atoms with Crippen molar-refractivity contribution in [2.45, 2.75) is 68.6 Å². The number of halogens is 2. The molecule has 2 aliphatic rings. The molecule has 1 heterocycles. The lowest BCUT2D eigenvalue weighted by molar-refractivity contribution is -0.181. The van der Waals surface area contributed by atoms with Crippen LogP contribution in [-0.2, 0) is 24.3 Å². The van der Waals surface area contributed by atoms with Gasteiger partial charge < -0.3 is 15.4 Å². The van der Waals surface area contributed by atoms with Gasteiger partial charge in [0, 0.05) is 22.6 Å². The van der Waals surface area contributed by atoms with Crippen molar-refractivity contribution >= 4 is 45.0 Å². The zero-order valence-electron chi connectivity index (χ0n) is 20.7. The first-order valence-corrected chi connectivity index (χ1v) is 14.5. The normalized spacial score (nSPS) is 24.1. The molecule has 3 N–H and O–H groups in total. The smallest absolute Gasteiger partial charge is 0.253 e. The van der Waals surface area contributed by atoms with E-state index in [1.165, 1.54) is 0 Å². The molecule has 1 aliphatic carbocycles. The molecule has 2 aromatic carbocycles. The molecule has 1 aliphatic heterocycles. The van der Waals surface area contributed by atoms with Gasteiger partial charge in [0.25, 0.3) is 5.91 Å². The molecule has 1 saturated heterocycles. The van der Waals surface area contributed by atoms with Crippen molar-refractivity contribution in [3.05, 3.63) is 69.7 Å². The molecule has 2 aromatic rings. The Kier molecular flexibility index (Phi) is 8.21. The highest BCUT2D eigenvalue weighted by molar-refractivity contribution is 7.91. The van der Waals surface area contributed by atoms with Crippen molar-refractivity contribution in [3.8, 4) is 0 Å². The SMILES string of the molecule is CC[C@@H](CNS(=O)(=O)C1(C)CC1)N1C(=O)[C@@H](CC(N)=O)O[C@H](c2cccc(Cl)c2)[C@H]1c1ccc(Cl)cc1. The summed E-state index contributed by atoms with van der Waals surface area (Å²) in [6.07, 6.45) is -0.480. The average molecular weight is 569 g/mol. The van der Waals surface area contributed by atoms with Crippen LogP contribution in [0.2, 0.25) is 10.0 Å². The van der Waals surface area contributed by atoms with Gasteiger partial charge in [0.1, 0.15) is 12.2 Å². The van der Waals surface area contributed by atoms with Crippen LogP contribution in [0, 0.1) is 0 Å². The Labute approximate surface area is 227 Å². The van der Waals surface area contributed by atoms with Crippen LogP contribution in [-0.4, -0.2) is 48.6 Å². The minimum absolute atomic E-state index is 0.0236. The number of nitrogens with one attached hydrogen (secondary N) is 1. The highest BCUT2D eigenvalue weighted by atomic mass is 35.5. The number of ether oxygens (including phenoxy) is 1. The summed E-state index contributed by atoms with van der Waals surface area (Å²) in [5.41, 5.74) is 6.92. The number of carbonyl (C=O) groups excluding carboxylic acids is 2. The summed E-state index contributed by atoms with van der Waals surface area (Å²) < 4.78 is 34.0. The third kappa shape index (κ3) is 5.96. The van der Waals surface area contributed by atoms with Gasteiger partial charge in [0.2, 0.25) is 15.9 Å². The van der Waals surface area contributed by atoms with Crippen LogP contribution in [0.25, 0.3) is 0 Å². The number of nitrogens with two attached hydrogens (primary N) is 1. The zero-order valence-corrected chi connectivity index (χ0v) is 23.0. The summed E-state index contributed by atoms with van der Waals surface area (Å²) in [7, 11) is -3.57. The molecule has 0 aromatic heterocycles. The maximum atomic E-state index is 13.9. The fourth-order valence-electron chi connectivity index (χ4n) is 4.69. The second-order valence-corrected chi connectivity index (χ2v) is 13.0. The number of nitrogens with zero attached hydrogens (tertiary/aromatic N) is 1. The van der Waals surface area contributed by atoms with E-state index in [-0.39, 0.29) is 13.0 Å². The Bertz CT molecular complexity index is 1270. The van der Waals surface area contributed by atoms with E-state index in [4.69, 9.17) is 33.7 Å². The van der Waals surface area contributed by atoms with Crippen LogP contribution in [0.1, 0.15) is 62.8 Å². The van der Waals surface area contributed by atoms with Gasteiger partial charge in [-0.1, -0.05) is 54.4 Å². The summed E-state index contributed by atoms with van der Waals surface area (Å²) in [5, 5.41) is 1.02. The molecule has 0 spiro atoms. The van der Waals surface area contributed by atoms with Gasteiger partial charge in [-0.15, -0.1) is 0 Å². The molecule has 11 heteroatoms. The first-order valence-electron chi connectivity index (χ1n) is 12.2. The van der Waals surface area contributed by atoms with Crippen molar-refractivity contribution < 1.29 is 22.7 Å². The zero-order chi connectivity index (χ0) is 27.0. The Morgan fingerprint density at radius 1 is 1.16 bits per heavy atom. The van der Waals surface area contributed by atoms with Crippen LogP contribution in [0.3, 0.4) is 0 Å². The Morgan fingerprint density at radius 3 is 2.41 bits per heavy atom. The Morgan fingerprint density at radius 2 is 1.84 bits per heavy atom. The van der Waals surface area contributed by atoms with Crippen molar-refractivity contribution in [1.29, 1.82) is 0 Å². The molecule has 1 saturated carbocycles. The van der Waals surface area contributed by atoms with Crippen molar-refractivity contribution in [2.75, 3.05) is 6.54 Å². The van der Waals surface area contributed by atoms with E-state index >= 15 is 0 Å². The summed E-state index contributed by atoms with van der Waals surface area (Å²) in [4.78, 5) is 27.4. The van der Waals surface area contributed by atoms with E-state index in [1.54, 1.807) is 42.2 Å². The average Bonchev–Trinajstić information content (AvgIpc) is 3.61. The molecule has 0 bridgehead atoms. The maximum Gasteiger partial charge on any atom is 0.253 e. The summed E-state index contributed by atoms with van der Waals surface area (Å²) >= 11 is 12.4. The van der Waals surface area contributed by atoms with Gasteiger partial charge in [-0.3, -0.25) is 9.59 Å². The third-order valence-corrected chi connectivity index (χ3v) is 9.92. The van der Waals surface area contributed by atoms with Crippen molar-refractivity contribution in [2.24, 2.45) is 5.73 Å². The number of benzene rings is 2. The largest absolute Gasteiger partial charge is 0.370 e. The van der Waals surface area contributed by atoms with Gasteiger partial charge in [0.05, 0.1) is 17.2 Å². The summed E-state index contributed by atoms with van der Waals surface area (Å²) in [5.74, 6) is -1.11. The van der Waals surface area contributed by atoms with Crippen molar-refractivity contribution in [1.82, 2.24) is 9.62 Å². The predicted molar refractivity (Wildman–Crippen MR) is 143 cm³/mol. The van der Waals surface area contributed by atoms with Crippen LogP contribution in [0.15, 0.2) is 48.5 Å². The number of carbonyl (C=O) groups is 2. The van der Waals surface area contributed by atoms with Gasteiger partial charge in [-0.05, 0) is 61.6 Å². The molecule has 4 atom stereocenters. The Hall–Kier alpha value is -2.17. The van der Waals surface area contributed by atoms with Gasteiger partial charge in [-0.25, -0.2) is 13.1 Å². The molecule has 37 heavy (non-hydrogen) atoms. The summed E-state index contributed by atoms with van der Waals surface area (Å²) in [6.45, 7) is 3.62. The summed E-state index contributed by atoms with van der Waals surface area (Å²) in [6, 6.07) is 13.0. The highest BCUT2D eigenvalue weighted by Crippen LogP contribution is 2.45. The van der Waals surface area contributed by atoms with E-state index in [0.29, 0.717) is 34.9 Å². The van der Waals surface area contributed by atoms with Gasteiger partial charge in [0.15, 0.2) is 0 Å². The predicted octanol–water partition coefficient (Wildman–Crippen LogP) is 4.13. The number of hydrogen-bond donors (Lipinski definition) is 2. The third-order valence-electron chi connectivity index (χ3n) is 7.18. The van der Waals surface area contributed by atoms with Crippen LogP contribution >= 0.6 is 23.2 Å². The quantitative estimate of drug-likeness (QED) is 0.447. The molecule has 2 fully saturated rings. The topological polar surface area (TPSA) is 119 Å². The van der Waals surface area contributed by atoms with Gasteiger partial charge >= 0.3 is 0 Å². The lowest BCUT2D eigenvalue weighted by Crippen LogP contribution is -2.58. The number of sulfonamides is 1. The van der Waals surface area contributed by atoms with E-state index < -0.39 is 50.9 Å². The fraction of sp³-hybridized carbons (Fsp3) is 0.462. The molecular weight excluding hydrogens is 537 g/mol. The van der Waals surface area contributed by atoms with E-state index in [9.17, 15) is 18.0 Å². The second-order valence-electron chi connectivity index (χ2n) is 9.88. The van der Waals surface area contributed by atoms with Crippen LogP contribution in [0.5, 0.6) is 0 Å². The molecule has 0 radical (unpaired) electrons. The molecule has 4 rings (SSSR count). The second kappa shape index (κ2) is 10.9. The van der Waals surface area contributed by atoms with Crippen molar-refractivity contribution in [3.63, 3.8) is 0 Å². The van der Waals surface area contributed by atoms with E-state index in [1.807, 2.05) is 25.1 Å². The van der Waals surface area contributed by atoms with E-state index in [0.717, 1.165) is 5.56 Å². The minimum atomic E-state index is -3.57. The Balaban J connectivity index is 1.79. The van der Waals surface area contributed by atoms with Crippen LogP contribution < -0.4 is 10.5 Å². The molecule has 2 amide bonds. The number of amides is 2. The number of rotatable bonds is 10. The lowest BCUT2D eigenvalue weighted by Gasteiger charge is -2.48. The minimum Gasteiger partial charge on any atom is -0.370 e. The number of morpholine rings is 1. The monoisotopic (exact) mass is 567 g/mol. The number of primary amides is 1. The number of hydrogen-bond acceptors (Lipinski definition) is 5. The lowest BCUT2D eigenvalue weighted by atomic mass is 9.89. The van der Waals surface area contributed by atoms with Gasteiger partial charge in [-0.2, -0.15) is 0 Å².